The largest absolute Gasteiger partial charge is 0.382 e. The van der Waals surface area contributed by atoms with Gasteiger partial charge in [0.05, 0.1) is 0 Å². The fraction of sp³-hybridized carbons (Fsp3) is 0.368. The van der Waals surface area contributed by atoms with Crippen LogP contribution in [0.3, 0.4) is 0 Å². The van der Waals surface area contributed by atoms with E-state index in [4.69, 9.17) is 11.6 Å². The summed E-state index contributed by atoms with van der Waals surface area (Å²) >= 11 is 6.07. The Kier molecular flexibility index (Phi) is 4.50. The molecule has 2 heteroatoms. The third kappa shape index (κ3) is 3.59. The van der Waals surface area contributed by atoms with Crippen LogP contribution in [-0.2, 0) is 19.3 Å². The van der Waals surface area contributed by atoms with Crippen LogP contribution in [0.1, 0.15) is 36.5 Å². The van der Waals surface area contributed by atoms with E-state index in [1.54, 1.807) is 0 Å². The summed E-state index contributed by atoms with van der Waals surface area (Å²) in [6, 6.07) is 15.7. The number of hydrogen-bond donors (Lipinski definition) is 1. The highest BCUT2D eigenvalue weighted by Gasteiger charge is 2.21. The van der Waals surface area contributed by atoms with E-state index in [0.717, 1.165) is 17.9 Å². The van der Waals surface area contributed by atoms with E-state index in [2.05, 4.69) is 48.6 Å². The van der Waals surface area contributed by atoms with E-state index < -0.39 is 0 Å². The molecule has 1 nitrogen and oxygen atoms in total. The Bertz CT molecular complexity index is 603. The van der Waals surface area contributed by atoms with Gasteiger partial charge in [-0.3, -0.25) is 0 Å². The van der Waals surface area contributed by atoms with Crippen LogP contribution in [0.5, 0.6) is 0 Å². The van der Waals surface area contributed by atoms with Crippen LogP contribution in [0.4, 0.5) is 5.69 Å². The maximum absolute atomic E-state index is 6.07. The standard InChI is InChI=1S/C19H22ClN/c1-2-3-4-14-5-9-18(10-6-14)21-19-12-15-7-8-17(20)11-16(15)13-19/h5-11,19,21H,2-4,12-13H2,1H3. The molecule has 1 atom stereocenters. The summed E-state index contributed by atoms with van der Waals surface area (Å²) in [7, 11) is 0. The molecule has 0 radical (unpaired) electrons. The van der Waals surface area contributed by atoms with Gasteiger partial charge in [-0.25, -0.2) is 0 Å². The van der Waals surface area contributed by atoms with E-state index in [0.29, 0.717) is 6.04 Å². The van der Waals surface area contributed by atoms with E-state index in [-0.39, 0.29) is 0 Å². The Morgan fingerprint density at radius 1 is 1.05 bits per heavy atom. The minimum Gasteiger partial charge on any atom is -0.382 e. The van der Waals surface area contributed by atoms with E-state index >= 15 is 0 Å². The van der Waals surface area contributed by atoms with Crippen LogP contribution < -0.4 is 5.32 Å². The quantitative estimate of drug-likeness (QED) is 0.794. The number of fused-ring (bicyclic) bond motifs is 1. The van der Waals surface area contributed by atoms with Gasteiger partial charge in [0.2, 0.25) is 0 Å². The summed E-state index contributed by atoms with van der Waals surface area (Å²) in [6.45, 7) is 2.24. The summed E-state index contributed by atoms with van der Waals surface area (Å²) in [5.41, 5.74) is 5.47. The monoisotopic (exact) mass is 299 g/mol. The van der Waals surface area contributed by atoms with Crippen molar-refractivity contribution in [1.82, 2.24) is 0 Å². The first-order valence-corrected chi connectivity index (χ1v) is 8.25. The van der Waals surface area contributed by atoms with Crippen LogP contribution in [0.2, 0.25) is 5.02 Å². The van der Waals surface area contributed by atoms with Crippen LogP contribution in [0.25, 0.3) is 0 Å². The van der Waals surface area contributed by atoms with Gasteiger partial charge in [-0.05, 0) is 66.6 Å². The SMILES string of the molecule is CCCCc1ccc(NC2Cc3ccc(Cl)cc3C2)cc1. The number of rotatable bonds is 5. The molecule has 110 valence electrons. The number of aryl methyl sites for hydroxylation is 1. The molecule has 3 rings (SSSR count). The van der Waals surface area contributed by atoms with E-state index in [1.165, 1.54) is 41.6 Å². The molecular formula is C19H22ClN. The lowest BCUT2D eigenvalue weighted by atomic mass is 10.1. The molecule has 0 aromatic heterocycles. The van der Waals surface area contributed by atoms with Gasteiger partial charge >= 0.3 is 0 Å². The molecule has 1 aliphatic carbocycles. The molecule has 0 spiro atoms. The highest BCUT2D eigenvalue weighted by Crippen LogP contribution is 2.27. The number of anilines is 1. The molecular weight excluding hydrogens is 278 g/mol. The van der Waals surface area contributed by atoms with Crippen molar-refractivity contribution in [2.75, 3.05) is 5.32 Å². The first-order valence-electron chi connectivity index (χ1n) is 7.87. The number of halogens is 1. The van der Waals surface area contributed by atoms with Crippen molar-refractivity contribution in [3.8, 4) is 0 Å². The minimum atomic E-state index is 0.486. The van der Waals surface area contributed by atoms with Crippen molar-refractivity contribution >= 4 is 17.3 Å². The van der Waals surface area contributed by atoms with Crippen molar-refractivity contribution in [1.29, 1.82) is 0 Å². The van der Waals surface area contributed by atoms with Gasteiger partial charge in [0.25, 0.3) is 0 Å². The Labute approximate surface area is 132 Å². The topological polar surface area (TPSA) is 12.0 Å². The molecule has 0 bridgehead atoms. The summed E-state index contributed by atoms with van der Waals surface area (Å²) in [5, 5.41) is 4.49. The Morgan fingerprint density at radius 2 is 1.81 bits per heavy atom. The highest BCUT2D eigenvalue weighted by atomic mass is 35.5. The molecule has 0 saturated heterocycles. The van der Waals surface area contributed by atoms with Gasteiger partial charge in [0, 0.05) is 16.8 Å². The van der Waals surface area contributed by atoms with E-state index in [9.17, 15) is 0 Å². The van der Waals surface area contributed by atoms with Gasteiger partial charge in [-0.2, -0.15) is 0 Å². The molecule has 2 aromatic rings. The van der Waals surface area contributed by atoms with Crippen molar-refractivity contribution in [2.24, 2.45) is 0 Å². The molecule has 0 heterocycles. The van der Waals surface area contributed by atoms with Gasteiger partial charge in [-0.15, -0.1) is 0 Å². The number of hydrogen-bond acceptors (Lipinski definition) is 1. The fourth-order valence-corrected chi connectivity index (χ4v) is 3.27. The normalized spacial score (nSPS) is 16.8. The van der Waals surface area contributed by atoms with Gasteiger partial charge in [0.1, 0.15) is 0 Å². The molecule has 0 fully saturated rings. The zero-order valence-corrected chi connectivity index (χ0v) is 13.3. The first kappa shape index (κ1) is 14.5. The Balaban J connectivity index is 1.61. The van der Waals surface area contributed by atoms with Gasteiger partial charge in [-0.1, -0.05) is 43.1 Å². The lowest BCUT2D eigenvalue weighted by Crippen LogP contribution is -2.19. The summed E-state index contributed by atoms with van der Waals surface area (Å²) in [6.07, 6.45) is 5.86. The van der Waals surface area contributed by atoms with Gasteiger partial charge < -0.3 is 5.32 Å². The van der Waals surface area contributed by atoms with Crippen LogP contribution in [-0.4, -0.2) is 6.04 Å². The maximum Gasteiger partial charge on any atom is 0.0408 e. The molecule has 21 heavy (non-hydrogen) atoms. The second-order valence-corrected chi connectivity index (χ2v) is 6.40. The van der Waals surface area contributed by atoms with Crippen molar-refractivity contribution in [3.63, 3.8) is 0 Å². The van der Waals surface area contributed by atoms with Crippen LogP contribution in [0, 0.1) is 0 Å². The summed E-state index contributed by atoms with van der Waals surface area (Å²) in [5.74, 6) is 0. The van der Waals surface area contributed by atoms with Crippen LogP contribution >= 0.6 is 11.6 Å². The summed E-state index contributed by atoms with van der Waals surface area (Å²) < 4.78 is 0. The maximum atomic E-state index is 6.07. The first-order chi connectivity index (χ1) is 10.2. The lowest BCUT2D eigenvalue weighted by molar-refractivity contribution is 0.773. The second kappa shape index (κ2) is 6.53. The summed E-state index contributed by atoms with van der Waals surface area (Å²) in [4.78, 5) is 0. The Hall–Kier alpha value is -1.47. The zero-order valence-electron chi connectivity index (χ0n) is 12.5. The average molecular weight is 300 g/mol. The smallest absolute Gasteiger partial charge is 0.0408 e. The third-order valence-electron chi connectivity index (χ3n) is 4.24. The average Bonchev–Trinajstić information content (AvgIpc) is 2.88. The Morgan fingerprint density at radius 3 is 2.57 bits per heavy atom. The number of unbranched alkanes of at least 4 members (excludes halogenated alkanes) is 1. The number of benzene rings is 2. The predicted molar refractivity (Wildman–Crippen MR) is 91.3 cm³/mol. The van der Waals surface area contributed by atoms with Crippen molar-refractivity contribution < 1.29 is 0 Å². The molecule has 1 unspecified atom stereocenters. The molecule has 0 amide bonds. The van der Waals surface area contributed by atoms with Crippen molar-refractivity contribution in [3.05, 3.63) is 64.2 Å². The minimum absolute atomic E-state index is 0.486. The van der Waals surface area contributed by atoms with E-state index in [1.807, 2.05) is 6.07 Å². The molecule has 1 aliphatic rings. The molecule has 0 saturated carbocycles. The fourth-order valence-electron chi connectivity index (χ4n) is 3.07. The third-order valence-corrected chi connectivity index (χ3v) is 4.48. The molecule has 1 N–H and O–H groups in total. The number of nitrogens with one attached hydrogen (secondary N) is 1. The predicted octanol–water partition coefficient (Wildman–Crippen LogP) is 5.26. The molecule has 2 aromatic carbocycles. The van der Waals surface area contributed by atoms with Crippen LogP contribution in [0.15, 0.2) is 42.5 Å². The molecule has 0 aliphatic heterocycles. The van der Waals surface area contributed by atoms with Crippen molar-refractivity contribution in [2.45, 2.75) is 45.1 Å². The highest BCUT2D eigenvalue weighted by molar-refractivity contribution is 6.30. The van der Waals surface area contributed by atoms with Gasteiger partial charge in [0.15, 0.2) is 0 Å². The lowest BCUT2D eigenvalue weighted by Gasteiger charge is -2.14. The second-order valence-electron chi connectivity index (χ2n) is 5.96. The zero-order chi connectivity index (χ0) is 14.7.